The first kappa shape index (κ1) is 14.4. The highest BCUT2D eigenvalue weighted by molar-refractivity contribution is 5.94. The maximum absolute atomic E-state index is 11.6. The molecule has 1 aromatic carbocycles. The van der Waals surface area contributed by atoms with E-state index in [1.807, 2.05) is 0 Å². The Morgan fingerprint density at radius 3 is 2.90 bits per heavy atom. The fourth-order valence-corrected chi connectivity index (χ4v) is 1.79. The topological polar surface area (TPSA) is 94.4 Å². The molecule has 21 heavy (non-hydrogen) atoms. The molecule has 0 fully saturated rings. The molecule has 108 valence electrons. The zero-order valence-corrected chi connectivity index (χ0v) is 11.3. The van der Waals surface area contributed by atoms with Crippen molar-refractivity contribution in [3.05, 3.63) is 63.8 Å². The van der Waals surface area contributed by atoms with Crippen LogP contribution >= 0.6 is 0 Å². The van der Waals surface area contributed by atoms with Gasteiger partial charge in [-0.3, -0.25) is 10.1 Å². The van der Waals surface area contributed by atoms with Crippen molar-refractivity contribution in [2.24, 2.45) is 0 Å². The highest BCUT2D eigenvalue weighted by atomic mass is 16.6. The van der Waals surface area contributed by atoms with Gasteiger partial charge in [0.05, 0.1) is 12.0 Å². The number of hydrogen-bond donors (Lipinski definition) is 1. The third kappa shape index (κ3) is 3.53. The minimum atomic E-state index is -0.496. The van der Waals surface area contributed by atoms with E-state index < -0.39 is 10.9 Å². The molecule has 0 unspecified atom stereocenters. The molecular formula is C14H13N3O4. The summed E-state index contributed by atoms with van der Waals surface area (Å²) in [6.45, 7) is 0.308. The van der Waals surface area contributed by atoms with Gasteiger partial charge in [0.25, 0.3) is 5.69 Å². The van der Waals surface area contributed by atoms with Crippen LogP contribution in [0.4, 0.5) is 11.5 Å². The SMILES string of the molecule is COC(=O)c1cccnc1NCc1cccc([N+](=O)[O-])c1. The Bertz CT molecular complexity index is 673. The zero-order chi connectivity index (χ0) is 15.2. The van der Waals surface area contributed by atoms with Gasteiger partial charge < -0.3 is 10.1 Å². The number of rotatable bonds is 5. The molecule has 0 spiro atoms. The molecule has 0 aliphatic heterocycles. The number of nitro groups is 1. The average Bonchev–Trinajstić information content (AvgIpc) is 2.52. The molecule has 1 aromatic heterocycles. The van der Waals surface area contributed by atoms with E-state index in [1.165, 1.54) is 19.2 Å². The van der Waals surface area contributed by atoms with Crippen molar-refractivity contribution in [1.29, 1.82) is 0 Å². The number of esters is 1. The van der Waals surface area contributed by atoms with E-state index in [4.69, 9.17) is 0 Å². The van der Waals surface area contributed by atoms with Crippen molar-refractivity contribution < 1.29 is 14.5 Å². The molecule has 7 heteroatoms. The van der Waals surface area contributed by atoms with E-state index in [0.29, 0.717) is 23.5 Å². The fourth-order valence-electron chi connectivity index (χ4n) is 1.79. The van der Waals surface area contributed by atoms with Gasteiger partial charge in [0.1, 0.15) is 11.4 Å². The molecule has 0 bridgehead atoms. The molecule has 2 rings (SSSR count). The van der Waals surface area contributed by atoms with Crippen LogP contribution in [-0.2, 0) is 11.3 Å². The second-order valence-electron chi connectivity index (χ2n) is 4.17. The van der Waals surface area contributed by atoms with Gasteiger partial charge in [0.2, 0.25) is 0 Å². The highest BCUT2D eigenvalue weighted by Gasteiger charge is 2.12. The third-order valence-electron chi connectivity index (χ3n) is 2.79. The number of methoxy groups -OCH3 is 1. The Balaban J connectivity index is 2.15. The Kier molecular flexibility index (Phi) is 4.45. The molecule has 1 heterocycles. The number of aromatic nitrogens is 1. The number of nitro benzene ring substituents is 1. The van der Waals surface area contributed by atoms with E-state index in [2.05, 4.69) is 15.0 Å². The van der Waals surface area contributed by atoms with Gasteiger partial charge in [-0.25, -0.2) is 9.78 Å². The lowest BCUT2D eigenvalue weighted by Gasteiger charge is -2.09. The summed E-state index contributed by atoms with van der Waals surface area (Å²) in [5.41, 5.74) is 1.04. The Morgan fingerprint density at radius 2 is 2.19 bits per heavy atom. The van der Waals surface area contributed by atoms with Crippen LogP contribution in [0.2, 0.25) is 0 Å². The van der Waals surface area contributed by atoms with E-state index >= 15 is 0 Å². The van der Waals surface area contributed by atoms with Gasteiger partial charge in [-0.15, -0.1) is 0 Å². The van der Waals surface area contributed by atoms with Gasteiger partial charge in [-0.2, -0.15) is 0 Å². The molecule has 0 atom stereocenters. The Labute approximate surface area is 120 Å². The van der Waals surface area contributed by atoms with Gasteiger partial charge in [-0.05, 0) is 17.7 Å². The summed E-state index contributed by atoms with van der Waals surface area (Å²) in [6, 6.07) is 9.47. The van der Waals surface area contributed by atoms with Crippen LogP contribution in [0.5, 0.6) is 0 Å². The summed E-state index contributed by atoms with van der Waals surface area (Å²) >= 11 is 0. The van der Waals surface area contributed by atoms with E-state index in [9.17, 15) is 14.9 Å². The van der Waals surface area contributed by atoms with E-state index in [1.54, 1.807) is 30.5 Å². The quantitative estimate of drug-likeness (QED) is 0.515. The fraction of sp³-hybridized carbons (Fsp3) is 0.143. The normalized spacial score (nSPS) is 9.95. The number of pyridine rings is 1. The Morgan fingerprint density at radius 1 is 1.38 bits per heavy atom. The first-order valence-electron chi connectivity index (χ1n) is 6.12. The molecule has 2 aromatic rings. The van der Waals surface area contributed by atoms with Crippen molar-refractivity contribution in [3.63, 3.8) is 0 Å². The third-order valence-corrected chi connectivity index (χ3v) is 2.79. The molecule has 0 aliphatic carbocycles. The average molecular weight is 287 g/mol. The number of ether oxygens (including phenoxy) is 1. The van der Waals surface area contributed by atoms with Crippen LogP contribution in [0.15, 0.2) is 42.6 Å². The minimum Gasteiger partial charge on any atom is -0.465 e. The van der Waals surface area contributed by atoms with Crippen LogP contribution in [0.25, 0.3) is 0 Å². The second kappa shape index (κ2) is 6.47. The van der Waals surface area contributed by atoms with Crippen molar-refractivity contribution >= 4 is 17.5 Å². The maximum Gasteiger partial charge on any atom is 0.341 e. The summed E-state index contributed by atoms with van der Waals surface area (Å²) in [5, 5.41) is 13.7. The number of anilines is 1. The Hall–Kier alpha value is -2.96. The minimum absolute atomic E-state index is 0.0171. The van der Waals surface area contributed by atoms with E-state index in [0.717, 1.165) is 0 Å². The molecule has 0 saturated carbocycles. The zero-order valence-electron chi connectivity index (χ0n) is 11.3. The molecule has 0 saturated heterocycles. The second-order valence-corrected chi connectivity index (χ2v) is 4.17. The summed E-state index contributed by atoms with van der Waals surface area (Å²) in [5.74, 6) is -0.125. The molecular weight excluding hydrogens is 274 g/mol. The van der Waals surface area contributed by atoms with Crippen LogP contribution in [-0.4, -0.2) is 23.0 Å². The van der Waals surface area contributed by atoms with Crippen LogP contribution in [0, 0.1) is 10.1 Å². The van der Waals surface area contributed by atoms with Crippen molar-refractivity contribution in [3.8, 4) is 0 Å². The van der Waals surface area contributed by atoms with Crippen LogP contribution in [0.1, 0.15) is 15.9 Å². The molecule has 0 amide bonds. The molecule has 1 N–H and O–H groups in total. The lowest BCUT2D eigenvalue weighted by molar-refractivity contribution is -0.384. The number of carbonyl (C=O) groups is 1. The van der Waals surface area contributed by atoms with Crippen LogP contribution < -0.4 is 5.32 Å². The van der Waals surface area contributed by atoms with Crippen molar-refractivity contribution in [1.82, 2.24) is 4.98 Å². The highest BCUT2D eigenvalue weighted by Crippen LogP contribution is 2.16. The first-order valence-corrected chi connectivity index (χ1v) is 6.12. The van der Waals surface area contributed by atoms with Gasteiger partial charge in [0, 0.05) is 24.9 Å². The lowest BCUT2D eigenvalue weighted by Crippen LogP contribution is -2.09. The van der Waals surface area contributed by atoms with Gasteiger partial charge >= 0.3 is 5.97 Å². The molecule has 7 nitrogen and oxygen atoms in total. The summed E-state index contributed by atoms with van der Waals surface area (Å²) in [6.07, 6.45) is 1.54. The first-order chi connectivity index (χ1) is 10.1. The number of nitrogens with one attached hydrogen (secondary N) is 1. The monoisotopic (exact) mass is 287 g/mol. The lowest BCUT2D eigenvalue weighted by atomic mass is 10.2. The van der Waals surface area contributed by atoms with Gasteiger partial charge in [-0.1, -0.05) is 12.1 Å². The largest absolute Gasteiger partial charge is 0.465 e. The number of benzene rings is 1. The molecule has 0 aliphatic rings. The predicted octanol–water partition coefficient (Wildman–Crippen LogP) is 2.39. The van der Waals surface area contributed by atoms with E-state index in [-0.39, 0.29) is 5.69 Å². The number of hydrogen-bond acceptors (Lipinski definition) is 6. The summed E-state index contributed by atoms with van der Waals surface area (Å²) in [7, 11) is 1.29. The number of nitrogens with zero attached hydrogens (tertiary/aromatic N) is 2. The maximum atomic E-state index is 11.6. The number of carbonyl (C=O) groups excluding carboxylic acids is 1. The van der Waals surface area contributed by atoms with Crippen LogP contribution in [0.3, 0.4) is 0 Å². The van der Waals surface area contributed by atoms with Crippen molar-refractivity contribution in [2.75, 3.05) is 12.4 Å². The van der Waals surface area contributed by atoms with Gasteiger partial charge in [0.15, 0.2) is 0 Å². The predicted molar refractivity (Wildman–Crippen MR) is 76.0 cm³/mol. The summed E-state index contributed by atoms with van der Waals surface area (Å²) in [4.78, 5) is 25.9. The smallest absolute Gasteiger partial charge is 0.341 e. The standard InChI is InChI=1S/C14H13N3O4/c1-21-14(18)12-6-3-7-15-13(12)16-9-10-4-2-5-11(8-10)17(19)20/h2-8H,9H2,1H3,(H,15,16). The van der Waals surface area contributed by atoms with Crippen molar-refractivity contribution in [2.45, 2.75) is 6.54 Å². The number of non-ortho nitro benzene ring substituents is 1. The summed E-state index contributed by atoms with van der Waals surface area (Å²) < 4.78 is 4.67. The molecule has 0 radical (unpaired) electrons.